The molecule has 4 rings (SSSR count). The Morgan fingerprint density at radius 3 is 2.70 bits per heavy atom. The highest BCUT2D eigenvalue weighted by Crippen LogP contribution is 2.38. The van der Waals surface area contributed by atoms with Gasteiger partial charge in [0.1, 0.15) is 23.1 Å². The van der Waals surface area contributed by atoms with Crippen molar-refractivity contribution in [2.75, 3.05) is 39.0 Å². The van der Waals surface area contributed by atoms with Crippen LogP contribution in [0.5, 0.6) is 11.5 Å². The molecule has 0 saturated carbocycles. The summed E-state index contributed by atoms with van der Waals surface area (Å²) in [7, 11) is 3.17. The smallest absolute Gasteiger partial charge is 0.188 e. The van der Waals surface area contributed by atoms with Crippen LogP contribution in [0, 0.1) is 11.3 Å². The zero-order chi connectivity index (χ0) is 21.1. The van der Waals surface area contributed by atoms with Gasteiger partial charge in [0, 0.05) is 31.7 Å². The molecule has 30 heavy (non-hydrogen) atoms. The largest absolute Gasteiger partial charge is 0.497 e. The lowest BCUT2D eigenvalue weighted by Crippen LogP contribution is -2.21. The van der Waals surface area contributed by atoms with Crippen molar-refractivity contribution in [3.8, 4) is 17.6 Å². The van der Waals surface area contributed by atoms with Gasteiger partial charge < -0.3 is 24.2 Å². The second kappa shape index (κ2) is 8.61. The Hall–Kier alpha value is -3.28. The molecule has 1 N–H and O–H groups in total. The van der Waals surface area contributed by atoms with Crippen LogP contribution in [0.2, 0.25) is 0 Å². The molecule has 0 spiro atoms. The highest BCUT2D eigenvalue weighted by Gasteiger charge is 2.26. The van der Waals surface area contributed by atoms with Gasteiger partial charge in [-0.05, 0) is 24.1 Å². The zero-order valence-corrected chi connectivity index (χ0v) is 17.0. The average Bonchev–Trinajstić information content (AvgIpc) is 3.38. The van der Waals surface area contributed by atoms with Crippen molar-refractivity contribution >= 4 is 16.6 Å². The first-order valence-electron chi connectivity index (χ1n) is 9.75. The first-order valence-corrected chi connectivity index (χ1v) is 9.75. The van der Waals surface area contributed by atoms with E-state index < -0.39 is 0 Å². The minimum absolute atomic E-state index is 0.0366. The van der Waals surface area contributed by atoms with Gasteiger partial charge in [-0.2, -0.15) is 10.4 Å². The maximum absolute atomic E-state index is 10.0. The molecule has 8 heteroatoms. The van der Waals surface area contributed by atoms with Crippen LogP contribution in [0.1, 0.15) is 17.5 Å². The fourth-order valence-corrected chi connectivity index (χ4v) is 3.82. The number of benzene rings is 2. The molecule has 0 bridgehead atoms. The van der Waals surface area contributed by atoms with E-state index in [0.29, 0.717) is 36.3 Å². The lowest BCUT2D eigenvalue weighted by atomic mass is 10.1. The summed E-state index contributed by atoms with van der Waals surface area (Å²) in [6, 6.07) is 11.9. The van der Waals surface area contributed by atoms with Crippen molar-refractivity contribution in [2.45, 2.75) is 19.1 Å². The van der Waals surface area contributed by atoms with Crippen molar-refractivity contribution in [1.29, 1.82) is 5.26 Å². The van der Waals surface area contributed by atoms with E-state index in [9.17, 15) is 10.4 Å². The molecule has 2 heterocycles. The Balaban J connectivity index is 1.81. The molecule has 1 saturated heterocycles. The molecular formula is C22H24N4O4. The summed E-state index contributed by atoms with van der Waals surface area (Å²) in [5.74, 6) is 1.23. The number of methoxy groups -OCH3 is 2. The Bertz CT molecular complexity index is 1070. The fourth-order valence-electron chi connectivity index (χ4n) is 3.82. The summed E-state index contributed by atoms with van der Waals surface area (Å²) in [6.45, 7) is 1.80. The predicted octanol–water partition coefficient (Wildman–Crippen LogP) is 2.52. The number of hydrogen-bond acceptors (Lipinski definition) is 7. The predicted molar refractivity (Wildman–Crippen MR) is 112 cm³/mol. The molecule has 3 aromatic rings. The van der Waals surface area contributed by atoms with Gasteiger partial charge in [0.25, 0.3) is 0 Å². The summed E-state index contributed by atoms with van der Waals surface area (Å²) in [6.07, 6.45) is 2.11. The minimum Gasteiger partial charge on any atom is -0.497 e. The average molecular weight is 408 g/mol. The molecule has 0 amide bonds. The number of β-amino-alcohol motifs (C(OH)–C–C–N with tert-alkyl or cyclic N) is 1. The quantitative estimate of drug-likeness (QED) is 0.601. The van der Waals surface area contributed by atoms with E-state index in [-0.39, 0.29) is 12.9 Å². The first kappa shape index (κ1) is 20.0. The van der Waals surface area contributed by atoms with Gasteiger partial charge in [-0.1, -0.05) is 12.1 Å². The number of rotatable bonds is 7. The summed E-state index contributed by atoms with van der Waals surface area (Å²) in [4.78, 5) is 2.10. The van der Waals surface area contributed by atoms with E-state index in [1.54, 1.807) is 13.3 Å². The van der Waals surface area contributed by atoms with Crippen LogP contribution in [0.15, 0.2) is 36.5 Å². The third-order valence-electron chi connectivity index (χ3n) is 5.31. The van der Waals surface area contributed by atoms with E-state index in [0.717, 1.165) is 28.9 Å². The van der Waals surface area contributed by atoms with E-state index >= 15 is 0 Å². The van der Waals surface area contributed by atoms with Gasteiger partial charge in [0.05, 0.1) is 37.2 Å². The molecule has 1 aromatic heterocycles. The van der Waals surface area contributed by atoms with Crippen LogP contribution >= 0.6 is 0 Å². The normalized spacial score (nSPS) is 16.1. The number of aliphatic hydroxyl groups excluding tert-OH is 1. The molecule has 156 valence electrons. The van der Waals surface area contributed by atoms with Crippen LogP contribution in [0.4, 0.5) is 5.69 Å². The summed E-state index contributed by atoms with van der Waals surface area (Å²) >= 11 is 0. The zero-order valence-electron chi connectivity index (χ0n) is 17.0. The number of hydrogen-bond donors (Lipinski definition) is 1. The lowest BCUT2D eigenvalue weighted by Gasteiger charge is -2.21. The third-order valence-corrected chi connectivity index (χ3v) is 5.31. The van der Waals surface area contributed by atoms with Crippen LogP contribution in [-0.2, 0) is 11.3 Å². The molecule has 1 fully saturated rings. The summed E-state index contributed by atoms with van der Waals surface area (Å²) in [5.41, 5.74) is 3.05. The maximum atomic E-state index is 10.0. The Kier molecular flexibility index (Phi) is 5.74. The molecule has 0 aliphatic carbocycles. The first-order chi connectivity index (χ1) is 14.6. The number of nitrogens with zero attached hydrogens (tertiary/aromatic N) is 4. The number of anilines is 1. The molecule has 0 unspecified atom stereocenters. The maximum Gasteiger partial charge on any atom is 0.188 e. The van der Waals surface area contributed by atoms with Crippen LogP contribution in [0.25, 0.3) is 10.9 Å². The number of fused-ring (bicyclic) bond motifs is 1. The number of nitriles is 1. The van der Waals surface area contributed by atoms with Gasteiger partial charge in [-0.15, -0.1) is 0 Å². The summed E-state index contributed by atoms with van der Waals surface area (Å²) in [5, 5.41) is 25.4. The molecule has 1 aliphatic rings. The van der Waals surface area contributed by atoms with Crippen LogP contribution in [-0.4, -0.2) is 55.1 Å². The van der Waals surface area contributed by atoms with E-state index in [1.807, 2.05) is 35.0 Å². The van der Waals surface area contributed by atoms with Crippen molar-refractivity contribution in [3.05, 3.63) is 47.7 Å². The minimum atomic E-state index is -0.367. The molecule has 2 aromatic carbocycles. The Morgan fingerprint density at radius 2 is 2.07 bits per heavy atom. The molecule has 1 aliphatic heterocycles. The molecular weight excluding hydrogens is 384 g/mol. The van der Waals surface area contributed by atoms with Crippen molar-refractivity contribution in [3.63, 3.8) is 0 Å². The van der Waals surface area contributed by atoms with E-state index in [4.69, 9.17) is 14.2 Å². The van der Waals surface area contributed by atoms with Crippen LogP contribution < -0.4 is 14.4 Å². The highest BCUT2D eigenvalue weighted by molar-refractivity contribution is 5.97. The van der Waals surface area contributed by atoms with Crippen LogP contribution in [0.3, 0.4) is 0 Å². The summed E-state index contributed by atoms with van der Waals surface area (Å²) < 4.78 is 17.8. The van der Waals surface area contributed by atoms with Crippen molar-refractivity contribution in [1.82, 2.24) is 9.78 Å². The highest BCUT2D eigenvalue weighted by atomic mass is 16.7. The monoisotopic (exact) mass is 408 g/mol. The van der Waals surface area contributed by atoms with Gasteiger partial charge in [-0.3, -0.25) is 4.68 Å². The molecule has 8 nitrogen and oxygen atoms in total. The second-order valence-electron chi connectivity index (χ2n) is 7.23. The molecule has 0 radical (unpaired) electrons. The van der Waals surface area contributed by atoms with Crippen molar-refractivity contribution < 1.29 is 19.3 Å². The third kappa shape index (κ3) is 3.77. The number of aromatic nitrogens is 2. The standard InChI is InChI=1S/C22H24N4O4/c1-28-14-30-21-9-20(25-8-7-16(27)13-25)19-11-24-26(22(19)18(21)10-23)12-15-3-5-17(29-2)6-4-15/h3-6,9,11,16,27H,7-8,12-14H2,1-2H3/t16-/m1/s1. The topological polar surface area (TPSA) is 92.8 Å². The Morgan fingerprint density at radius 1 is 1.27 bits per heavy atom. The number of ether oxygens (including phenoxy) is 3. The van der Waals surface area contributed by atoms with Gasteiger partial charge in [-0.25, -0.2) is 0 Å². The van der Waals surface area contributed by atoms with E-state index in [1.165, 1.54) is 7.11 Å². The van der Waals surface area contributed by atoms with Gasteiger partial charge >= 0.3 is 0 Å². The lowest BCUT2D eigenvalue weighted by molar-refractivity contribution is 0.0510. The van der Waals surface area contributed by atoms with E-state index in [2.05, 4.69) is 16.1 Å². The van der Waals surface area contributed by atoms with Gasteiger partial charge in [0.15, 0.2) is 6.79 Å². The van der Waals surface area contributed by atoms with Gasteiger partial charge in [0.2, 0.25) is 0 Å². The fraction of sp³-hybridized carbons (Fsp3) is 0.364. The number of aliphatic hydroxyl groups is 1. The Labute approximate surface area is 174 Å². The SMILES string of the molecule is COCOc1cc(N2CC[C@@H](O)C2)c2cnn(Cc3ccc(OC)cc3)c2c1C#N. The second-order valence-corrected chi connectivity index (χ2v) is 7.23. The van der Waals surface area contributed by atoms with Crippen molar-refractivity contribution in [2.24, 2.45) is 0 Å². The molecule has 1 atom stereocenters.